The van der Waals surface area contributed by atoms with Crippen LogP contribution in [-0.2, 0) is 10.9 Å². The number of ether oxygens (including phenoxy) is 1. The van der Waals surface area contributed by atoms with Crippen LogP contribution in [0.15, 0.2) is 29.2 Å². The fourth-order valence-electron chi connectivity index (χ4n) is 3.57. The van der Waals surface area contributed by atoms with Crippen LogP contribution in [0.25, 0.3) is 5.65 Å². The number of hydrogen-bond donors (Lipinski definition) is 1. The maximum atomic E-state index is 13.4. The van der Waals surface area contributed by atoms with Gasteiger partial charge in [0.15, 0.2) is 18.1 Å². The molecular formula is C17H15BrClF3N4O3. The summed E-state index contributed by atoms with van der Waals surface area (Å²) in [5.74, 6) is -0.631. The van der Waals surface area contributed by atoms with Crippen LogP contribution in [0.1, 0.15) is 22.5 Å². The van der Waals surface area contributed by atoms with Crippen LogP contribution in [0.5, 0.6) is 0 Å². The van der Waals surface area contributed by atoms with Gasteiger partial charge in [0.05, 0.1) is 17.7 Å². The summed E-state index contributed by atoms with van der Waals surface area (Å²) in [5, 5.41) is 10.2. The molecule has 0 unspecified atom stereocenters. The van der Waals surface area contributed by atoms with Crippen LogP contribution >= 0.6 is 27.5 Å². The summed E-state index contributed by atoms with van der Waals surface area (Å²) in [6.45, 7) is 0.627. The van der Waals surface area contributed by atoms with Crippen LogP contribution in [0.3, 0.4) is 0 Å². The first-order valence-electron chi connectivity index (χ1n) is 8.62. The molecule has 12 heteroatoms. The number of aliphatic hydroxyl groups excluding tert-OH is 1. The predicted octanol–water partition coefficient (Wildman–Crippen LogP) is 3.11. The largest absolute Gasteiger partial charge is 0.479 e. The van der Waals surface area contributed by atoms with Gasteiger partial charge in [-0.15, -0.1) is 0 Å². The van der Waals surface area contributed by atoms with Crippen molar-refractivity contribution in [1.82, 2.24) is 19.2 Å². The number of piperidine rings is 1. The van der Waals surface area contributed by atoms with Gasteiger partial charge < -0.3 is 19.6 Å². The summed E-state index contributed by atoms with van der Waals surface area (Å²) in [6, 6.07) is 0.662. The minimum absolute atomic E-state index is 0.00780. The van der Waals surface area contributed by atoms with Crippen molar-refractivity contribution in [2.75, 3.05) is 19.8 Å². The van der Waals surface area contributed by atoms with Gasteiger partial charge in [-0.1, -0.05) is 11.6 Å². The van der Waals surface area contributed by atoms with Gasteiger partial charge >= 0.3 is 6.18 Å². The second-order valence-electron chi connectivity index (χ2n) is 6.78. The number of nitrogens with zero attached hydrogens (tertiary/aromatic N) is 4. The number of fused-ring (bicyclic) bond motifs is 1. The third-order valence-corrected chi connectivity index (χ3v) is 5.76. The first-order chi connectivity index (χ1) is 13.7. The van der Waals surface area contributed by atoms with E-state index in [4.69, 9.17) is 16.3 Å². The highest BCUT2D eigenvalue weighted by Crippen LogP contribution is 2.36. The summed E-state index contributed by atoms with van der Waals surface area (Å²) in [6.07, 6.45) is -0.491. The maximum absolute atomic E-state index is 13.4. The zero-order chi connectivity index (χ0) is 20.9. The summed E-state index contributed by atoms with van der Waals surface area (Å²) in [4.78, 5) is 20.0. The molecule has 0 aromatic carbocycles. The van der Waals surface area contributed by atoms with Crippen molar-refractivity contribution in [3.8, 4) is 0 Å². The molecule has 2 aliphatic rings. The van der Waals surface area contributed by atoms with E-state index in [-0.39, 0.29) is 27.9 Å². The number of imidazole rings is 1. The van der Waals surface area contributed by atoms with Gasteiger partial charge in [-0.05, 0) is 28.4 Å². The zero-order valence-electron chi connectivity index (χ0n) is 14.7. The highest BCUT2D eigenvalue weighted by atomic mass is 79.9. The standard InChI is InChI=1S/C17H15BrClF3N4O3/c18-9-5-10(17(20,21)22)15-23-13(14(19)26(15)6-9)16(28)24-2-1-11(12(27)7-24)25-3-4-29-8-25/h3-6,11-12,27H,1-2,7-8H2/t11-,12+/m0/s1. The number of rotatable bonds is 2. The van der Waals surface area contributed by atoms with Crippen LogP contribution in [0, 0.1) is 0 Å². The third kappa shape index (κ3) is 3.66. The number of alkyl halides is 3. The van der Waals surface area contributed by atoms with E-state index in [9.17, 15) is 23.1 Å². The molecule has 4 rings (SSSR count). The van der Waals surface area contributed by atoms with E-state index >= 15 is 0 Å². The molecule has 29 heavy (non-hydrogen) atoms. The molecule has 0 bridgehead atoms. The van der Waals surface area contributed by atoms with Crippen molar-refractivity contribution in [2.45, 2.75) is 24.7 Å². The summed E-state index contributed by atoms with van der Waals surface area (Å²) in [5.41, 5.74) is -1.75. The number of aromatic nitrogens is 2. The molecule has 2 aliphatic heterocycles. The number of halogens is 5. The second kappa shape index (κ2) is 7.37. The molecule has 0 spiro atoms. The fourth-order valence-corrected chi connectivity index (χ4v) is 4.25. The molecule has 2 atom stereocenters. The molecule has 7 nitrogen and oxygen atoms in total. The third-order valence-electron chi connectivity index (χ3n) is 4.97. The summed E-state index contributed by atoms with van der Waals surface area (Å²) in [7, 11) is 0. The first-order valence-corrected chi connectivity index (χ1v) is 9.79. The summed E-state index contributed by atoms with van der Waals surface area (Å²) < 4.78 is 46.4. The van der Waals surface area contributed by atoms with E-state index in [2.05, 4.69) is 20.9 Å². The number of carbonyl (C=O) groups is 1. The van der Waals surface area contributed by atoms with Gasteiger partial charge in [0.2, 0.25) is 0 Å². The lowest BCUT2D eigenvalue weighted by Gasteiger charge is -2.39. The lowest BCUT2D eigenvalue weighted by atomic mass is 10.0. The Labute approximate surface area is 176 Å². The minimum Gasteiger partial charge on any atom is -0.479 e. The molecule has 0 radical (unpaired) electrons. The second-order valence-corrected chi connectivity index (χ2v) is 8.06. The highest BCUT2D eigenvalue weighted by molar-refractivity contribution is 9.10. The number of carbonyl (C=O) groups excluding carboxylic acids is 1. The average molecular weight is 496 g/mol. The monoisotopic (exact) mass is 494 g/mol. The number of hydrogen-bond acceptors (Lipinski definition) is 5. The van der Waals surface area contributed by atoms with Crippen molar-refractivity contribution in [1.29, 1.82) is 0 Å². The molecular weight excluding hydrogens is 481 g/mol. The van der Waals surface area contributed by atoms with Crippen molar-refractivity contribution in [3.05, 3.63) is 45.6 Å². The Bertz CT molecular complexity index is 996. The van der Waals surface area contributed by atoms with E-state index in [1.807, 2.05) is 4.90 Å². The molecule has 0 saturated carbocycles. The molecule has 1 amide bonds. The van der Waals surface area contributed by atoms with Crippen LogP contribution in [-0.4, -0.2) is 62.2 Å². The average Bonchev–Trinajstić information content (AvgIpc) is 3.29. The van der Waals surface area contributed by atoms with Gasteiger partial charge in [0.25, 0.3) is 5.91 Å². The molecule has 1 N–H and O–H groups in total. The smallest absolute Gasteiger partial charge is 0.420 e. The molecule has 156 valence electrons. The van der Waals surface area contributed by atoms with E-state index in [0.717, 1.165) is 10.5 Å². The summed E-state index contributed by atoms with van der Waals surface area (Å²) >= 11 is 9.23. The Morgan fingerprint density at radius 3 is 2.79 bits per heavy atom. The van der Waals surface area contributed by atoms with Crippen LogP contribution in [0.2, 0.25) is 5.15 Å². The number of likely N-dealkylation sites (tertiary alicyclic amines) is 1. The molecule has 4 heterocycles. The topological polar surface area (TPSA) is 70.3 Å². The van der Waals surface area contributed by atoms with E-state index in [0.29, 0.717) is 19.7 Å². The quantitative estimate of drug-likeness (QED) is 0.693. The number of pyridine rings is 1. The van der Waals surface area contributed by atoms with Gasteiger partial charge in [-0.25, -0.2) is 4.98 Å². The molecule has 2 aromatic heterocycles. The number of β-amino-alcohol motifs (C(OH)–C–C–N with tert-alkyl or cyclic N) is 1. The van der Waals surface area contributed by atoms with E-state index < -0.39 is 29.4 Å². The molecule has 1 saturated heterocycles. The number of amides is 1. The zero-order valence-corrected chi connectivity index (χ0v) is 17.1. The van der Waals surface area contributed by atoms with Crippen molar-refractivity contribution >= 4 is 39.1 Å². The molecule has 2 aromatic rings. The Balaban J connectivity index is 1.62. The first kappa shape index (κ1) is 20.3. The van der Waals surface area contributed by atoms with Gasteiger partial charge in [0, 0.05) is 30.0 Å². The van der Waals surface area contributed by atoms with Crippen molar-refractivity contribution in [3.63, 3.8) is 0 Å². The van der Waals surface area contributed by atoms with Crippen LogP contribution in [0.4, 0.5) is 13.2 Å². The lowest BCUT2D eigenvalue weighted by Crippen LogP contribution is -2.54. The Morgan fingerprint density at radius 1 is 1.41 bits per heavy atom. The van der Waals surface area contributed by atoms with Gasteiger partial charge in [0.1, 0.15) is 11.4 Å². The minimum atomic E-state index is -4.67. The lowest BCUT2D eigenvalue weighted by molar-refractivity contribution is -0.136. The molecule has 1 fully saturated rings. The highest BCUT2D eigenvalue weighted by Gasteiger charge is 2.38. The van der Waals surface area contributed by atoms with Gasteiger partial charge in [-0.3, -0.25) is 9.20 Å². The van der Waals surface area contributed by atoms with Crippen molar-refractivity contribution in [2.24, 2.45) is 0 Å². The SMILES string of the molecule is O=C(c1nc2c(C(F)(F)F)cc(Br)cn2c1Cl)N1CC[C@H](N2C=COC2)[C@H](O)C1. The predicted molar refractivity (Wildman–Crippen MR) is 100 cm³/mol. The van der Waals surface area contributed by atoms with E-state index in [1.165, 1.54) is 17.4 Å². The molecule has 0 aliphatic carbocycles. The Morgan fingerprint density at radius 2 is 2.17 bits per heavy atom. The number of aliphatic hydroxyl groups is 1. The van der Waals surface area contributed by atoms with Crippen molar-refractivity contribution < 1.29 is 27.8 Å². The Kier molecular flexibility index (Phi) is 5.16. The fraction of sp³-hybridized carbons (Fsp3) is 0.412. The Hall–Kier alpha value is -1.98. The van der Waals surface area contributed by atoms with E-state index in [1.54, 1.807) is 6.20 Å². The normalized spacial score (nSPS) is 22.4. The maximum Gasteiger partial charge on any atom is 0.420 e. The van der Waals surface area contributed by atoms with Crippen LogP contribution < -0.4 is 0 Å². The van der Waals surface area contributed by atoms with Gasteiger partial charge in [-0.2, -0.15) is 13.2 Å².